The minimum absolute atomic E-state index is 0. The van der Waals surface area contributed by atoms with Gasteiger partial charge in [0, 0.05) is 44.7 Å². The summed E-state index contributed by atoms with van der Waals surface area (Å²) in [6.07, 6.45) is 0. The van der Waals surface area contributed by atoms with Gasteiger partial charge < -0.3 is 25.0 Å². The van der Waals surface area contributed by atoms with Crippen LogP contribution in [-0.2, 0) is 4.79 Å². The van der Waals surface area contributed by atoms with E-state index in [-0.39, 0.29) is 30.1 Å². The van der Waals surface area contributed by atoms with Gasteiger partial charge in [0.05, 0.1) is 19.8 Å². The Morgan fingerprint density at radius 2 is 1.72 bits per heavy atom. The highest BCUT2D eigenvalue weighted by atomic mass is 35.5. The van der Waals surface area contributed by atoms with Gasteiger partial charge in [-0.25, -0.2) is 0 Å². The first-order valence-corrected chi connectivity index (χ1v) is 8.02. The van der Waals surface area contributed by atoms with Crippen molar-refractivity contribution < 1.29 is 19.1 Å². The van der Waals surface area contributed by atoms with E-state index in [1.807, 2.05) is 6.92 Å². The molecule has 0 radical (unpaired) electrons. The summed E-state index contributed by atoms with van der Waals surface area (Å²) in [5, 5.41) is 0. The number of piperazine rings is 1. The maximum atomic E-state index is 12.7. The zero-order valence-corrected chi connectivity index (χ0v) is 15.7. The van der Waals surface area contributed by atoms with Crippen LogP contribution in [0.15, 0.2) is 18.2 Å². The van der Waals surface area contributed by atoms with Crippen molar-refractivity contribution in [1.29, 1.82) is 0 Å². The van der Waals surface area contributed by atoms with Gasteiger partial charge in [-0.1, -0.05) is 6.92 Å². The SMILES string of the molecule is COc1ccc(C(=O)N2CCN(C(=O)C(C)CN)CC2)c(OC)c1.Cl. The minimum atomic E-state index is -0.186. The second-order valence-electron chi connectivity index (χ2n) is 5.82. The van der Waals surface area contributed by atoms with Crippen molar-refractivity contribution in [2.75, 3.05) is 46.9 Å². The van der Waals surface area contributed by atoms with Gasteiger partial charge in [-0.05, 0) is 12.1 Å². The van der Waals surface area contributed by atoms with E-state index in [1.165, 1.54) is 7.11 Å². The first kappa shape index (κ1) is 21.1. The molecule has 8 heteroatoms. The highest BCUT2D eigenvalue weighted by Gasteiger charge is 2.28. The Morgan fingerprint density at radius 3 is 2.24 bits per heavy atom. The second-order valence-corrected chi connectivity index (χ2v) is 5.82. The van der Waals surface area contributed by atoms with E-state index in [2.05, 4.69) is 0 Å². The van der Waals surface area contributed by atoms with Crippen LogP contribution < -0.4 is 15.2 Å². The van der Waals surface area contributed by atoms with Gasteiger partial charge in [-0.2, -0.15) is 0 Å². The van der Waals surface area contributed by atoms with Crippen LogP contribution in [0.3, 0.4) is 0 Å². The largest absolute Gasteiger partial charge is 0.497 e. The molecule has 7 nitrogen and oxygen atoms in total. The molecule has 1 aromatic carbocycles. The molecule has 1 fully saturated rings. The van der Waals surface area contributed by atoms with Crippen LogP contribution in [0.5, 0.6) is 11.5 Å². The Labute approximate surface area is 154 Å². The summed E-state index contributed by atoms with van der Waals surface area (Å²) in [6.45, 7) is 4.19. The lowest BCUT2D eigenvalue weighted by Crippen LogP contribution is -2.52. The summed E-state index contributed by atoms with van der Waals surface area (Å²) < 4.78 is 10.5. The van der Waals surface area contributed by atoms with Crippen molar-refractivity contribution >= 4 is 24.2 Å². The van der Waals surface area contributed by atoms with Gasteiger partial charge in [-0.15, -0.1) is 12.4 Å². The van der Waals surface area contributed by atoms with Crippen LogP contribution in [0.1, 0.15) is 17.3 Å². The zero-order chi connectivity index (χ0) is 17.7. The maximum Gasteiger partial charge on any atom is 0.257 e. The highest BCUT2D eigenvalue weighted by molar-refractivity contribution is 5.97. The van der Waals surface area contributed by atoms with Gasteiger partial charge in [-0.3, -0.25) is 9.59 Å². The number of hydrogen-bond donors (Lipinski definition) is 1. The average molecular weight is 372 g/mol. The van der Waals surface area contributed by atoms with Crippen molar-refractivity contribution in [3.63, 3.8) is 0 Å². The van der Waals surface area contributed by atoms with E-state index in [1.54, 1.807) is 35.1 Å². The highest BCUT2D eigenvalue weighted by Crippen LogP contribution is 2.26. The first-order chi connectivity index (χ1) is 11.5. The van der Waals surface area contributed by atoms with Crippen molar-refractivity contribution in [2.24, 2.45) is 11.7 Å². The van der Waals surface area contributed by atoms with Crippen LogP contribution in [0, 0.1) is 5.92 Å². The fourth-order valence-electron chi connectivity index (χ4n) is 2.69. The topological polar surface area (TPSA) is 85.1 Å². The molecule has 1 aliphatic heterocycles. The maximum absolute atomic E-state index is 12.7. The summed E-state index contributed by atoms with van der Waals surface area (Å²) in [6, 6.07) is 5.13. The number of amides is 2. The fourth-order valence-corrected chi connectivity index (χ4v) is 2.69. The van der Waals surface area contributed by atoms with E-state index in [4.69, 9.17) is 15.2 Å². The molecule has 2 amide bonds. The second kappa shape index (κ2) is 9.48. The van der Waals surface area contributed by atoms with Crippen molar-refractivity contribution in [2.45, 2.75) is 6.92 Å². The number of carbonyl (C=O) groups is 2. The number of benzene rings is 1. The summed E-state index contributed by atoms with van der Waals surface area (Å²) >= 11 is 0. The molecular formula is C17H26ClN3O4. The number of ether oxygens (including phenoxy) is 2. The quantitative estimate of drug-likeness (QED) is 0.834. The predicted octanol–water partition coefficient (Wildman–Crippen LogP) is 1.00. The average Bonchev–Trinajstić information content (AvgIpc) is 2.65. The van der Waals surface area contributed by atoms with Crippen LogP contribution >= 0.6 is 12.4 Å². The molecule has 0 spiro atoms. The summed E-state index contributed by atoms with van der Waals surface area (Å²) in [5.41, 5.74) is 6.04. The van der Waals surface area contributed by atoms with Gasteiger partial charge in [0.1, 0.15) is 11.5 Å². The molecule has 1 aliphatic rings. The van der Waals surface area contributed by atoms with Crippen LogP contribution in [0.2, 0.25) is 0 Å². The third kappa shape index (κ3) is 4.76. The molecule has 25 heavy (non-hydrogen) atoms. The van der Waals surface area contributed by atoms with Crippen molar-refractivity contribution in [3.05, 3.63) is 23.8 Å². The standard InChI is InChI=1S/C17H25N3O4.ClH/c1-12(11-18)16(21)19-6-8-20(9-7-19)17(22)14-5-4-13(23-2)10-15(14)24-3;/h4-5,10,12H,6-9,11,18H2,1-3H3;1H. The minimum Gasteiger partial charge on any atom is -0.497 e. The smallest absolute Gasteiger partial charge is 0.257 e. The molecule has 1 unspecified atom stereocenters. The molecule has 1 aromatic rings. The van der Waals surface area contributed by atoms with Crippen molar-refractivity contribution in [3.8, 4) is 11.5 Å². The molecular weight excluding hydrogens is 346 g/mol. The summed E-state index contributed by atoms with van der Waals surface area (Å²) in [4.78, 5) is 28.4. The number of carbonyl (C=O) groups excluding carboxylic acids is 2. The van der Waals surface area contributed by atoms with E-state index in [0.29, 0.717) is 49.8 Å². The number of nitrogens with two attached hydrogens (primary N) is 1. The first-order valence-electron chi connectivity index (χ1n) is 8.02. The Bertz CT molecular complexity index is 604. The molecule has 2 rings (SSSR count). The molecule has 0 saturated carbocycles. The van der Waals surface area contributed by atoms with E-state index in [9.17, 15) is 9.59 Å². The van der Waals surface area contributed by atoms with Crippen molar-refractivity contribution in [1.82, 2.24) is 9.80 Å². The van der Waals surface area contributed by atoms with Crippen LogP contribution in [0.25, 0.3) is 0 Å². The van der Waals surface area contributed by atoms with E-state index >= 15 is 0 Å². The Morgan fingerprint density at radius 1 is 1.12 bits per heavy atom. The molecule has 2 N–H and O–H groups in total. The molecule has 1 atom stereocenters. The number of nitrogens with zero attached hydrogens (tertiary/aromatic N) is 2. The summed E-state index contributed by atoms with van der Waals surface area (Å²) in [7, 11) is 3.09. The zero-order valence-electron chi connectivity index (χ0n) is 14.9. The Kier molecular flexibility index (Phi) is 7.99. The fraction of sp³-hybridized carbons (Fsp3) is 0.529. The number of methoxy groups -OCH3 is 2. The lowest BCUT2D eigenvalue weighted by atomic mass is 10.1. The van der Waals surface area contributed by atoms with E-state index < -0.39 is 0 Å². The Hall–Kier alpha value is -1.99. The van der Waals surface area contributed by atoms with Gasteiger partial charge >= 0.3 is 0 Å². The van der Waals surface area contributed by atoms with Gasteiger partial charge in [0.2, 0.25) is 5.91 Å². The van der Waals surface area contributed by atoms with Crippen LogP contribution in [0.4, 0.5) is 0 Å². The molecule has 1 saturated heterocycles. The number of rotatable bonds is 5. The summed E-state index contributed by atoms with van der Waals surface area (Å²) in [5.74, 6) is 0.873. The monoisotopic (exact) mass is 371 g/mol. The normalized spacial score (nSPS) is 15.2. The molecule has 140 valence electrons. The lowest BCUT2D eigenvalue weighted by molar-refractivity contribution is -0.136. The molecule has 0 aromatic heterocycles. The third-order valence-corrected chi connectivity index (χ3v) is 4.29. The molecule has 1 heterocycles. The van der Waals surface area contributed by atoms with Gasteiger partial charge in [0.25, 0.3) is 5.91 Å². The molecule has 0 bridgehead atoms. The third-order valence-electron chi connectivity index (χ3n) is 4.29. The predicted molar refractivity (Wildman–Crippen MR) is 97.5 cm³/mol. The van der Waals surface area contributed by atoms with E-state index in [0.717, 1.165) is 0 Å². The number of halogens is 1. The lowest BCUT2D eigenvalue weighted by Gasteiger charge is -2.36. The van der Waals surface area contributed by atoms with Gasteiger partial charge in [0.15, 0.2) is 0 Å². The molecule has 0 aliphatic carbocycles. The number of hydrogen-bond acceptors (Lipinski definition) is 5. The van der Waals surface area contributed by atoms with Crippen LogP contribution in [-0.4, -0.2) is 68.6 Å². The Balaban J connectivity index is 0.00000312.